The Hall–Kier alpha value is -1.16. The van der Waals surface area contributed by atoms with Crippen LogP contribution in [0.5, 0.6) is 0 Å². The number of rotatable bonds is 6. The Labute approximate surface area is 184 Å². The van der Waals surface area contributed by atoms with Crippen molar-refractivity contribution in [2.75, 3.05) is 44.7 Å². The molecule has 5 nitrogen and oxygen atoms in total. The first kappa shape index (κ1) is 23.1. The van der Waals surface area contributed by atoms with Gasteiger partial charge in [0.15, 0.2) is 5.96 Å². The highest BCUT2D eigenvalue weighted by Crippen LogP contribution is 2.26. The highest BCUT2D eigenvalue weighted by molar-refractivity contribution is 14.0. The van der Waals surface area contributed by atoms with Crippen LogP contribution >= 0.6 is 24.0 Å². The van der Waals surface area contributed by atoms with Crippen LogP contribution in [0.4, 0.5) is 14.5 Å². The molecule has 2 saturated heterocycles. The van der Waals surface area contributed by atoms with Gasteiger partial charge in [0.05, 0.1) is 0 Å². The summed E-state index contributed by atoms with van der Waals surface area (Å²) in [7, 11) is 1.76. The quantitative estimate of drug-likeness (QED) is 0.353. The Kier molecular flexibility index (Phi) is 9.20. The molecule has 3 rings (SSSR count). The van der Waals surface area contributed by atoms with Gasteiger partial charge >= 0.3 is 0 Å². The van der Waals surface area contributed by atoms with Crippen LogP contribution in [0.2, 0.25) is 0 Å². The van der Waals surface area contributed by atoms with Crippen molar-refractivity contribution in [3.8, 4) is 0 Å². The number of para-hydroxylation sites is 1. The predicted molar refractivity (Wildman–Crippen MR) is 122 cm³/mol. The zero-order valence-electron chi connectivity index (χ0n) is 16.8. The minimum absolute atomic E-state index is 0. The van der Waals surface area contributed by atoms with E-state index in [9.17, 15) is 8.78 Å². The van der Waals surface area contributed by atoms with E-state index in [0.29, 0.717) is 19.1 Å². The number of halogens is 3. The van der Waals surface area contributed by atoms with Gasteiger partial charge in [0.1, 0.15) is 17.3 Å². The van der Waals surface area contributed by atoms with E-state index in [2.05, 4.69) is 27.4 Å². The molecule has 0 aliphatic carbocycles. The van der Waals surface area contributed by atoms with Crippen LogP contribution in [0.15, 0.2) is 23.2 Å². The third-order valence-electron chi connectivity index (χ3n) is 5.64. The van der Waals surface area contributed by atoms with Crippen molar-refractivity contribution in [3.05, 3.63) is 29.8 Å². The number of guanidine groups is 1. The Morgan fingerprint density at radius 3 is 2.50 bits per heavy atom. The first-order chi connectivity index (χ1) is 13.1. The molecule has 2 fully saturated rings. The average molecular weight is 507 g/mol. The molecule has 8 heteroatoms. The molecule has 1 aromatic rings. The molecule has 2 aliphatic rings. The van der Waals surface area contributed by atoms with E-state index >= 15 is 0 Å². The third-order valence-corrected chi connectivity index (χ3v) is 5.64. The lowest BCUT2D eigenvalue weighted by molar-refractivity contribution is 0.236. The van der Waals surface area contributed by atoms with Crippen molar-refractivity contribution in [1.29, 1.82) is 0 Å². The monoisotopic (exact) mass is 507 g/mol. The summed E-state index contributed by atoms with van der Waals surface area (Å²) in [6.45, 7) is 6.61. The summed E-state index contributed by atoms with van der Waals surface area (Å²) >= 11 is 0. The summed E-state index contributed by atoms with van der Waals surface area (Å²) in [5, 5.41) is 6.84. The minimum Gasteiger partial charge on any atom is -0.365 e. The topological polar surface area (TPSA) is 42.9 Å². The van der Waals surface area contributed by atoms with Crippen LogP contribution in [-0.4, -0.2) is 62.7 Å². The fraction of sp³-hybridized carbons (Fsp3) is 0.650. The first-order valence-corrected chi connectivity index (χ1v) is 10.0. The number of nitrogens with one attached hydrogen (secondary N) is 2. The van der Waals surface area contributed by atoms with E-state index in [4.69, 9.17) is 0 Å². The van der Waals surface area contributed by atoms with Gasteiger partial charge in [-0.3, -0.25) is 9.89 Å². The second kappa shape index (κ2) is 11.1. The Morgan fingerprint density at radius 1 is 1.21 bits per heavy atom. The molecular formula is C20H32F2IN5. The van der Waals surface area contributed by atoms with E-state index < -0.39 is 11.6 Å². The van der Waals surface area contributed by atoms with Gasteiger partial charge < -0.3 is 15.5 Å². The van der Waals surface area contributed by atoms with Crippen LogP contribution in [0.25, 0.3) is 0 Å². The molecule has 0 bridgehead atoms. The fourth-order valence-electron chi connectivity index (χ4n) is 4.11. The maximum Gasteiger partial charge on any atom is 0.191 e. The summed E-state index contributed by atoms with van der Waals surface area (Å²) in [6, 6.07) is 4.64. The molecule has 0 saturated carbocycles. The number of hydrogen-bond acceptors (Lipinski definition) is 3. The van der Waals surface area contributed by atoms with E-state index in [1.165, 1.54) is 44.1 Å². The van der Waals surface area contributed by atoms with Gasteiger partial charge in [-0.15, -0.1) is 24.0 Å². The van der Waals surface area contributed by atoms with Gasteiger partial charge in [-0.05, 0) is 50.9 Å². The molecule has 0 amide bonds. The Balaban J connectivity index is 0.00000280. The first-order valence-electron chi connectivity index (χ1n) is 10.0. The van der Waals surface area contributed by atoms with Crippen molar-refractivity contribution in [2.24, 2.45) is 4.99 Å². The lowest BCUT2D eigenvalue weighted by Gasteiger charge is -2.28. The number of likely N-dealkylation sites (tertiary alicyclic amines) is 1. The number of hydrogen-bond donors (Lipinski definition) is 2. The van der Waals surface area contributed by atoms with E-state index in [-0.39, 0.29) is 35.7 Å². The maximum absolute atomic E-state index is 14.0. The molecule has 2 unspecified atom stereocenters. The largest absolute Gasteiger partial charge is 0.365 e. The van der Waals surface area contributed by atoms with Gasteiger partial charge in [-0.25, -0.2) is 8.78 Å². The van der Waals surface area contributed by atoms with Crippen molar-refractivity contribution < 1.29 is 8.78 Å². The van der Waals surface area contributed by atoms with Crippen LogP contribution in [0, 0.1) is 11.6 Å². The van der Waals surface area contributed by atoms with Crippen molar-refractivity contribution in [3.63, 3.8) is 0 Å². The molecule has 2 atom stereocenters. The number of aliphatic imine (C=N–C) groups is 1. The second-order valence-corrected chi connectivity index (χ2v) is 7.40. The second-order valence-electron chi connectivity index (χ2n) is 7.40. The van der Waals surface area contributed by atoms with E-state index in [1.54, 1.807) is 11.9 Å². The van der Waals surface area contributed by atoms with Crippen LogP contribution in [0.3, 0.4) is 0 Å². The highest BCUT2D eigenvalue weighted by Gasteiger charge is 2.27. The summed E-state index contributed by atoms with van der Waals surface area (Å²) in [5.74, 6) is -0.252. The molecule has 2 aliphatic heterocycles. The van der Waals surface area contributed by atoms with Gasteiger partial charge in [-0.2, -0.15) is 0 Å². The molecule has 158 valence electrons. The van der Waals surface area contributed by atoms with E-state index in [1.807, 2.05) is 0 Å². The van der Waals surface area contributed by atoms with Crippen molar-refractivity contribution >= 4 is 35.6 Å². The summed E-state index contributed by atoms with van der Waals surface area (Å²) in [6.07, 6.45) is 4.49. The summed E-state index contributed by atoms with van der Waals surface area (Å²) < 4.78 is 28.0. The highest BCUT2D eigenvalue weighted by atomic mass is 127. The smallest absolute Gasteiger partial charge is 0.191 e. The SMILES string of the molecule is CCC(CNC(=NC)NC1CCN(c2c(F)cccc2F)C1)N1CCCC1.I. The fourth-order valence-corrected chi connectivity index (χ4v) is 4.11. The van der Waals surface area contributed by atoms with Crippen LogP contribution in [-0.2, 0) is 0 Å². The number of nitrogens with zero attached hydrogens (tertiary/aromatic N) is 3. The molecule has 0 spiro atoms. The zero-order valence-corrected chi connectivity index (χ0v) is 19.1. The van der Waals surface area contributed by atoms with Crippen LogP contribution < -0.4 is 15.5 Å². The molecule has 2 N–H and O–H groups in total. The lowest BCUT2D eigenvalue weighted by Crippen LogP contribution is -2.49. The molecule has 2 heterocycles. The third kappa shape index (κ3) is 5.68. The number of anilines is 1. The normalized spacial score (nSPS) is 21.5. The summed E-state index contributed by atoms with van der Waals surface area (Å²) in [4.78, 5) is 8.64. The van der Waals surface area contributed by atoms with Crippen LogP contribution in [0.1, 0.15) is 32.6 Å². The number of benzene rings is 1. The Morgan fingerprint density at radius 2 is 1.89 bits per heavy atom. The van der Waals surface area contributed by atoms with Gasteiger partial charge in [-0.1, -0.05) is 13.0 Å². The molecule has 0 aromatic heterocycles. The molecule has 28 heavy (non-hydrogen) atoms. The molecule has 1 aromatic carbocycles. The van der Waals surface area contributed by atoms with E-state index in [0.717, 1.165) is 25.3 Å². The van der Waals surface area contributed by atoms with Crippen molar-refractivity contribution in [1.82, 2.24) is 15.5 Å². The van der Waals surface area contributed by atoms with Gasteiger partial charge in [0, 0.05) is 38.8 Å². The van der Waals surface area contributed by atoms with Crippen molar-refractivity contribution in [2.45, 2.75) is 44.7 Å². The lowest BCUT2D eigenvalue weighted by atomic mass is 10.2. The molecular weight excluding hydrogens is 475 g/mol. The molecule has 0 radical (unpaired) electrons. The van der Waals surface area contributed by atoms with Gasteiger partial charge in [0.2, 0.25) is 0 Å². The van der Waals surface area contributed by atoms with Gasteiger partial charge in [0.25, 0.3) is 0 Å². The predicted octanol–water partition coefficient (Wildman–Crippen LogP) is 3.20. The summed E-state index contributed by atoms with van der Waals surface area (Å²) in [5.41, 5.74) is 0.0739. The maximum atomic E-state index is 14.0. The minimum atomic E-state index is -0.505. The Bertz CT molecular complexity index is 631. The zero-order chi connectivity index (χ0) is 19.2. The average Bonchev–Trinajstić information content (AvgIpc) is 3.33. The standard InChI is InChI=1S/C20H31F2N5.HI/c1-3-16(26-10-4-5-11-26)13-24-20(23-2)25-15-9-12-27(14-15)19-17(21)7-6-8-18(19)22;/h6-8,15-16H,3-5,9-14H2,1-2H3,(H2,23,24,25);1H.